The fourth-order valence-electron chi connectivity index (χ4n) is 4.51. The zero-order valence-corrected chi connectivity index (χ0v) is 16.3. The summed E-state index contributed by atoms with van der Waals surface area (Å²) in [5.41, 5.74) is 5.44. The summed E-state index contributed by atoms with van der Waals surface area (Å²) >= 11 is 0. The molecule has 0 fully saturated rings. The quantitative estimate of drug-likeness (QED) is 0.248. The molecule has 5 heteroatoms. The minimum atomic E-state index is -0.396. The molecule has 1 aliphatic carbocycles. The number of nitrogens with one attached hydrogen (secondary N) is 1. The first-order valence-corrected chi connectivity index (χ1v) is 10.1. The highest BCUT2D eigenvalue weighted by Gasteiger charge is 2.37. The average Bonchev–Trinajstić information content (AvgIpc) is 3.28. The van der Waals surface area contributed by atoms with Crippen molar-refractivity contribution < 1.29 is 4.92 Å². The minimum Gasteiger partial charge on any atom is -0.378 e. The van der Waals surface area contributed by atoms with Crippen LogP contribution in [0.3, 0.4) is 0 Å². The molecule has 0 saturated heterocycles. The van der Waals surface area contributed by atoms with Crippen LogP contribution in [0.5, 0.6) is 0 Å². The number of non-ortho nitro benzene ring substituents is 1. The molecule has 0 radical (unpaired) electrons. The van der Waals surface area contributed by atoms with Gasteiger partial charge in [0.2, 0.25) is 0 Å². The molecule has 0 saturated carbocycles. The van der Waals surface area contributed by atoms with Crippen molar-refractivity contribution in [1.29, 1.82) is 0 Å². The summed E-state index contributed by atoms with van der Waals surface area (Å²) in [6, 6.07) is 23.6. The molecule has 3 aromatic rings. The van der Waals surface area contributed by atoms with Crippen molar-refractivity contribution in [1.82, 2.24) is 0 Å². The van der Waals surface area contributed by atoms with Crippen LogP contribution in [0, 0.1) is 16.0 Å². The first-order valence-electron chi connectivity index (χ1n) is 10.1. The van der Waals surface area contributed by atoms with E-state index >= 15 is 0 Å². The summed E-state index contributed by atoms with van der Waals surface area (Å²) < 4.78 is 0. The number of fused-ring (bicyclic) bond motifs is 3. The molecule has 148 valence electrons. The van der Waals surface area contributed by atoms with E-state index in [9.17, 15) is 10.1 Å². The molecule has 1 aliphatic heterocycles. The summed E-state index contributed by atoms with van der Waals surface area (Å²) in [4.78, 5) is 15.0. The van der Waals surface area contributed by atoms with E-state index in [1.165, 1.54) is 28.9 Å². The molecule has 3 atom stereocenters. The number of nitro groups is 1. The predicted molar refractivity (Wildman–Crippen MR) is 120 cm³/mol. The van der Waals surface area contributed by atoms with E-state index in [0.717, 1.165) is 12.1 Å². The third kappa shape index (κ3) is 3.39. The van der Waals surface area contributed by atoms with Gasteiger partial charge in [0.05, 0.1) is 16.7 Å². The van der Waals surface area contributed by atoms with E-state index < -0.39 is 4.92 Å². The van der Waals surface area contributed by atoms with Crippen molar-refractivity contribution in [2.24, 2.45) is 10.9 Å². The molecule has 0 unspecified atom stereocenters. The zero-order valence-electron chi connectivity index (χ0n) is 16.3. The fraction of sp³-hybridized carbons (Fsp3) is 0.160. The second kappa shape index (κ2) is 7.59. The van der Waals surface area contributed by atoms with Crippen LogP contribution in [-0.4, -0.2) is 11.1 Å². The fourth-order valence-corrected chi connectivity index (χ4v) is 4.51. The third-order valence-corrected chi connectivity index (χ3v) is 5.97. The Hall–Kier alpha value is -3.73. The van der Waals surface area contributed by atoms with Crippen LogP contribution >= 0.6 is 0 Å². The number of rotatable bonds is 4. The third-order valence-electron chi connectivity index (χ3n) is 5.97. The lowest BCUT2D eigenvalue weighted by Crippen LogP contribution is -2.28. The monoisotopic (exact) mass is 395 g/mol. The summed E-state index contributed by atoms with van der Waals surface area (Å²) in [6.07, 6.45) is 7.37. The molecular formula is C25H21N3O2. The molecule has 3 aromatic carbocycles. The van der Waals surface area contributed by atoms with Crippen LogP contribution in [0.25, 0.3) is 0 Å². The number of anilines is 1. The van der Waals surface area contributed by atoms with Crippen molar-refractivity contribution in [2.75, 3.05) is 5.32 Å². The van der Waals surface area contributed by atoms with Gasteiger partial charge in [-0.15, -0.1) is 0 Å². The summed E-state index contributed by atoms with van der Waals surface area (Å²) in [6.45, 7) is 0. The molecule has 1 N–H and O–H groups in total. The number of hydrogen-bond acceptors (Lipinski definition) is 4. The number of allylic oxidation sites excluding steroid dienone is 2. The lowest BCUT2D eigenvalue weighted by molar-refractivity contribution is -0.384. The minimum absolute atomic E-state index is 0.0673. The van der Waals surface area contributed by atoms with E-state index in [1.807, 2.05) is 18.2 Å². The Kier molecular flexibility index (Phi) is 4.64. The topological polar surface area (TPSA) is 67.5 Å². The van der Waals surface area contributed by atoms with Gasteiger partial charge >= 0.3 is 0 Å². The van der Waals surface area contributed by atoms with Crippen molar-refractivity contribution in [3.05, 3.63) is 112 Å². The van der Waals surface area contributed by atoms with E-state index in [0.29, 0.717) is 17.4 Å². The van der Waals surface area contributed by atoms with Gasteiger partial charge in [-0.2, -0.15) is 0 Å². The summed E-state index contributed by atoms with van der Waals surface area (Å²) in [5, 5.41) is 14.7. The smallest absolute Gasteiger partial charge is 0.270 e. The van der Waals surface area contributed by atoms with Crippen molar-refractivity contribution in [3.63, 3.8) is 0 Å². The number of nitrogens with zero attached hydrogens (tertiary/aromatic N) is 2. The molecule has 2 aliphatic rings. The van der Waals surface area contributed by atoms with Gasteiger partial charge in [-0.05, 0) is 47.2 Å². The molecule has 5 nitrogen and oxygen atoms in total. The molecule has 0 amide bonds. The molecule has 30 heavy (non-hydrogen) atoms. The maximum absolute atomic E-state index is 10.9. The molecule has 1 heterocycles. The molecule has 0 spiro atoms. The van der Waals surface area contributed by atoms with Crippen LogP contribution in [0.4, 0.5) is 17.1 Å². The van der Waals surface area contributed by atoms with E-state index in [1.54, 1.807) is 12.3 Å². The first kappa shape index (κ1) is 18.3. The van der Waals surface area contributed by atoms with E-state index in [4.69, 9.17) is 0 Å². The summed E-state index contributed by atoms with van der Waals surface area (Å²) in [5.74, 6) is 0.970. The Morgan fingerprint density at radius 1 is 1.03 bits per heavy atom. The Bertz CT molecular complexity index is 1150. The number of benzene rings is 3. The van der Waals surface area contributed by atoms with Crippen LogP contribution in [0.1, 0.15) is 35.1 Å². The van der Waals surface area contributed by atoms with Crippen LogP contribution < -0.4 is 5.32 Å². The standard InChI is InChI=1S/C25H21N3O2/c29-28(30)20-6-3-5-17(15-20)16-26-19-13-11-18(12-14-19)25-23-9-4-8-21(23)22-7-1-2-10-24(22)27-25/h1-8,10-16,21,23,25,27H,9H2/t21-,23-,25+/m1/s1. The normalized spacial score (nSPS) is 21.8. The van der Waals surface area contributed by atoms with Crippen LogP contribution in [0.2, 0.25) is 0 Å². The molecule has 0 aromatic heterocycles. The van der Waals surface area contributed by atoms with Gasteiger partial charge in [-0.1, -0.05) is 54.6 Å². The van der Waals surface area contributed by atoms with Gasteiger partial charge in [0.15, 0.2) is 0 Å². The van der Waals surface area contributed by atoms with Crippen LogP contribution in [0.15, 0.2) is 89.9 Å². The number of aliphatic imine (C=N–C) groups is 1. The Morgan fingerprint density at radius 2 is 1.87 bits per heavy atom. The van der Waals surface area contributed by atoms with Gasteiger partial charge in [-0.3, -0.25) is 15.1 Å². The largest absolute Gasteiger partial charge is 0.378 e. The van der Waals surface area contributed by atoms with Gasteiger partial charge < -0.3 is 5.32 Å². The second-order valence-corrected chi connectivity index (χ2v) is 7.76. The van der Waals surface area contributed by atoms with Crippen molar-refractivity contribution >= 4 is 23.3 Å². The average molecular weight is 395 g/mol. The van der Waals surface area contributed by atoms with E-state index in [-0.39, 0.29) is 11.7 Å². The van der Waals surface area contributed by atoms with Crippen molar-refractivity contribution in [2.45, 2.75) is 18.4 Å². The van der Waals surface area contributed by atoms with Gasteiger partial charge in [0.25, 0.3) is 5.69 Å². The maximum Gasteiger partial charge on any atom is 0.270 e. The zero-order chi connectivity index (χ0) is 20.5. The number of nitro benzene ring substituents is 1. The van der Waals surface area contributed by atoms with Gasteiger partial charge in [-0.25, -0.2) is 0 Å². The highest BCUT2D eigenvalue weighted by atomic mass is 16.6. The van der Waals surface area contributed by atoms with Crippen LogP contribution in [-0.2, 0) is 0 Å². The maximum atomic E-state index is 10.9. The highest BCUT2D eigenvalue weighted by Crippen LogP contribution is 2.49. The number of hydrogen-bond donors (Lipinski definition) is 1. The van der Waals surface area contributed by atoms with Crippen molar-refractivity contribution in [3.8, 4) is 0 Å². The Balaban J connectivity index is 1.37. The lowest BCUT2D eigenvalue weighted by atomic mass is 9.77. The Morgan fingerprint density at radius 3 is 2.70 bits per heavy atom. The number of para-hydroxylation sites is 1. The lowest BCUT2D eigenvalue weighted by Gasteiger charge is -2.37. The highest BCUT2D eigenvalue weighted by molar-refractivity contribution is 5.82. The molecule has 5 rings (SSSR count). The van der Waals surface area contributed by atoms with E-state index in [2.05, 4.69) is 58.9 Å². The Labute approximate surface area is 174 Å². The first-order chi connectivity index (χ1) is 14.7. The summed E-state index contributed by atoms with van der Waals surface area (Å²) in [7, 11) is 0. The molecule has 0 bridgehead atoms. The van der Waals surface area contributed by atoms with Gasteiger partial charge in [0, 0.05) is 30.0 Å². The van der Waals surface area contributed by atoms with Gasteiger partial charge in [0.1, 0.15) is 0 Å². The second-order valence-electron chi connectivity index (χ2n) is 7.76. The SMILES string of the molecule is O=[N+]([O-])c1cccc(C=Nc2ccc([C@@H]3Nc4ccccc4[C@H]4C=CC[C@H]43)cc2)c1. The predicted octanol–water partition coefficient (Wildman–Crippen LogP) is 6.17. The molecular weight excluding hydrogens is 374 g/mol.